The van der Waals surface area contributed by atoms with E-state index in [4.69, 9.17) is 18.9 Å². The third-order valence-corrected chi connectivity index (χ3v) is 18.8. The van der Waals surface area contributed by atoms with E-state index in [1.54, 1.807) is 0 Å². The third-order valence-electron chi connectivity index (χ3n) is 18.8. The highest BCUT2D eigenvalue weighted by molar-refractivity contribution is 5.76. The number of fused-ring (bicyclic) bond motifs is 7. The van der Waals surface area contributed by atoms with Crippen LogP contribution in [0.4, 0.5) is 0 Å². The second kappa shape index (κ2) is 14.3. The Balaban J connectivity index is 1.11. The smallest absolute Gasteiger partial charge is 0.309 e. The van der Waals surface area contributed by atoms with Crippen molar-refractivity contribution in [1.29, 1.82) is 0 Å². The maximum atomic E-state index is 13.2. The van der Waals surface area contributed by atoms with Crippen LogP contribution >= 0.6 is 0 Å². The van der Waals surface area contributed by atoms with Gasteiger partial charge >= 0.3 is 5.97 Å². The molecule has 0 radical (unpaired) electrons. The van der Waals surface area contributed by atoms with Crippen molar-refractivity contribution in [1.82, 2.24) is 0 Å². The molecule has 322 valence electrons. The molecule has 0 aromatic carbocycles. The standard InChI is InChI=1S/C43H72O13/c1-22-28(46)29(47)31(49)34(53-22)56-33-23(20-44)54-35(32(50)30(33)48)55-27-11-12-38(4)24(39(27,5)21-45)9-13-40(6)25(38)10-14-41(7)26-19-37(2,3)15-17-43(26,36(51)52)18-16-42(40,41)8/h22-35,44-50H,9-21H2,1-8H3,(H,51,52). The maximum Gasteiger partial charge on any atom is 0.309 e. The molecule has 5 saturated carbocycles. The predicted molar refractivity (Wildman–Crippen MR) is 203 cm³/mol. The second-order valence-electron chi connectivity index (χ2n) is 21.6. The van der Waals surface area contributed by atoms with Gasteiger partial charge in [-0.1, -0.05) is 48.5 Å². The van der Waals surface area contributed by atoms with Crippen molar-refractivity contribution < 1.29 is 64.6 Å². The van der Waals surface area contributed by atoms with Crippen LogP contribution in [0, 0.1) is 55.7 Å². The Morgan fingerprint density at radius 2 is 1.25 bits per heavy atom. The van der Waals surface area contributed by atoms with E-state index in [-0.39, 0.29) is 45.5 Å². The summed E-state index contributed by atoms with van der Waals surface area (Å²) in [5, 5.41) is 86.1. The van der Waals surface area contributed by atoms with Gasteiger partial charge in [-0.15, -0.1) is 0 Å². The van der Waals surface area contributed by atoms with Crippen LogP contribution in [0.15, 0.2) is 0 Å². The minimum absolute atomic E-state index is 0.0424. The van der Waals surface area contributed by atoms with Crippen LogP contribution in [0.3, 0.4) is 0 Å². The second-order valence-corrected chi connectivity index (χ2v) is 21.6. The zero-order valence-electron chi connectivity index (χ0n) is 34.9. The summed E-state index contributed by atoms with van der Waals surface area (Å²) in [5.74, 6) is -0.0774. The van der Waals surface area contributed by atoms with Crippen molar-refractivity contribution >= 4 is 5.97 Å². The zero-order chi connectivity index (χ0) is 41.2. The summed E-state index contributed by atoms with van der Waals surface area (Å²) in [4.78, 5) is 13.2. The summed E-state index contributed by atoms with van der Waals surface area (Å²) in [5.41, 5.74) is -1.68. The highest BCUT2D eigenvalue weighted by Gasteiger charge is 2.75. The van der Waals surface area contributed by atoms with Crippen molar-refractivity contribution in [2.75, 3.05) is 13.2 Å². The van der Waals surface area contributed by atoms with E-state index in [0.29, 0.717) is 12.3 Å². The molecule has 0 amide bonds. The first-order valence-corrected chi connectivity index (χ1v) is 21.5. The average Bonchev–Trinajstić information content (AvgIpc) is 3.14. The van der Waals surface area contributed by atoms with Gasteiger partial charge in [0.1, 0.15) is 42.7 Å². The van der Waals surface area contributed by atoms with Crippen LogP contribution < -0.4 is 0 Å². The van der Waals surface area contributed by atoms with Crippen molar-refractivity contribution in [3.8, 4) is 0 Å². The highest BCUT2D eigenvalue weighted by Crippen LogP contribution is 2.80. The van der Waals surface area contributed by atoms with Gasteiger partial charge in [0.15, 0.2) is 12.6 Å². The first-order valence-electron chi connectivity index (χ1n) is 21.5. The summed E-state index contributed by atoms with van der Waals surface area (Å²) in [6.45, 7) is 17.2. The molecule has 7 rings (SSSR count). The number of aliphatic hydroxyl groups excluding tert-OH is 7. The normalized spacial score (nSPS) is 56.9. The highest BCUT2D eigenvalue weighted by atomic mass is 16.7. The van der Waals surface area contributed by atoms with Crippen molar-refractivity contribution in [2.24, 2.45) is 55.7 Å². The molecule has 5 aliphatic carbocycles. The van der Waals surface area contributed by atoms with Gasteiger partial charge in [0, 0.05) is 5.41 Å². The molecule has 20 unspecified atom stereocenters. The number of carboxylic acid groups (broad SMARTS) is 1. The Kier molecular flexibility index (Phi) is 11.0. The molecule has 0 aromatic heterocycles. The Morgan fingerprint density at radius 3 is 1.88 bits per heavy atom. The van der Waals surface area contributed by atoms with Gasteiger partial charge in [0.2, 0.25) is 0 Å². The van der Waals surface area contributed by atoms with Crippen LogP contribution in [0.1, 0.15) is 126 Å². The minimum atomic E-state index is -1.66. The van der Waals surface area contributed by atoms with Gasteiger partial charge < -0.3 is 59.8 Å². The van der Waals surface area contributed by atoms with Crippen LogP contribution in [0.5, 0.6) is 0 Å². The molecule has 0 bridgehead atoms. The van der Waals surface area contributed by atoms with Crippen LogP contribution in [0.2, 0.25) is 0 Å². The number of rotatable bonds is 7. The van der Waals surface area contributed by atoms with Gasteiger partial charge in [-0.05, 0) is 122 Å². The molecular weight excluding hydrogens is 724 g/mol. The Hall–Kier alpha value is -0.970. The van der Waals surface area contributed by atoms with E-state index in [0.717, 1.165) is 64.2 Å². The largest absolute Gasteiger partial charge is 0.481 e. The van der Waals surface area contributed by atoms with Crippen LogP contribution in [-0.2, 0) is 23.7 Å². The lowest BCUT2D eigenvalue weighted by molar-refractivity contribution is -0.368. The Bertz CT molecular complexity index is 1480. The van der Waals surface area contributed by atoms with Crippen molar-refractivity contribution in [3.63, 3.8) is 0 Å². The molecule has 2 aliphatic heterocycles. The molecule has 13 nitrogen and oxygen atoms in total. The summed E-state index contributed by atoms with van der Waals surface area (Å²) in [6.07, 6.45) is -5.24. The first-order chi connectivity index (χ1) is 26.0. The SMILES string of the molecule is CC1OC(OC2C(CO)OC(OC3CCC4(C)C(CCC5(C)C4CCC4(C)C6CC(C)(C)CCC6(C(=O)O)CCC45C)C3(C)CO)C(O)C2O)C(O)C(O)C1O. The molecule has 13 heteroatoms. The minimum Gasteiger partial charge on any atom is -0.481 e. The van der Waals surface area contributed by atoms with Crippen LogP contribution in [-0.4, -0.2) is 128 Å². The van der Waals surface area contributed by atoms with Crippen LogP contribution in [0.25, 0.3) is 0 Å². The molecule has 7 aliphatic rings. The molecule has 2 saturated heterocycles. The number of hydrogen-bond donors (Lipinski definition) is 8. The monoisotopic (exact) mass is 796 g/mol. The maximum absolute atomic E-state index is 13.2. The average molecular weight is 797 g/mol. The predicted octanol–water partition coefficient (Wildman–Crippen LogP) is 3.35. The Labute approximate surface area is 332 Å². The van der Waals surface area contributed by atoms with E-state index >= 15 is 0 Å². The summed E-state index contributed by atoms with van der Waals surface area (Å²) in [7, 11) is 0. The lowest BCUT2D eigenvalue weighted by Gasteiger charge is -2.76. The number of aliphatic hydroxyl groups is 7. The molecule has 0 aromatic rings. The van der Waals surface area contributed by atoms with Gasteiger partial charge in [0.25, 0.3) is 0 Å². The molecular formula is C43H72O13. The third kappa shape index (κ3) is 5.97. The molecule has 20 atom stereocenters. The van der Waals surface area contributed by atoms with E-state index < -0.39 is 90.9 Å². The first kappa shape index (κ1) is 43.1. The molecule has 7 fully saturated rings. The van der Waals surface area contributed by atoms with E-state index in [1.807, 2.05) is 0 Å². The number of aliphatic carboxylic acids is 1. The molecule has 56 heavy (non-hydrogen) atoms. The zero-order valence-corrected chi connectivity index (χ0v) is 34.9. The molecule has 2 heterocycles. The van der Waals surface area contributed by atoms with E-state index in [9.17, 15) is 45.6 Å². The van der Waals surface area contributed by atoms with E-state index in [1.165, 1.54) is 6.92 Å². The Morgan fingerprint density at radius 1 is 0.661 bits per heavy atom. The lowest BCUT2D eigenvalue weighted by atomic mass is 9.28. The lowest BCUT2D eigenvalue weighted by Crippen LogP contribution is -2.71. The quantitative estimate of drug-likeness (QED) is 0.174. The number of carboxylic acids is 1. The fourth-order valence-corrected chi connectivity index (χ4v) is 14.9. The number of ether oxygens (including phenoxy) is 4. The van der Waals surface area contributed by atoms with Crippen molar-refractivity contribution in [2.45, 2.75) is 194 Å². The fraction of sp³-hybridized carbons (Fsp3) is 0.977. The van der Waals surface area contributed by atoms with E-state index in [2.05, 4.69) is 48.5 Å². The van der Waals surface area contributed by atoms with Gasteiger partial charge in [-0.2, -0.15) is 0 Å². The molecule has 8 N–H and O–H groups in total. The summed E-state index contributed by atoms with van der Waals surface area (Å²) >= 11 is 0. The number of carbonyl (C=O) groups is 1. The summed E-state index contributed by atoms with van der Waals surface area (Å²) in [6, 6.07) is 0. The summed E-state index contributed by atoms with van der Waals surface area (Å²) < 4.78 is 24.0. The number of hydrogen-bond acceptors (Lipinski definition) is 12. The molecule has 0 spiro atoms. The van der Waals surface area contributed by atoms with Gasteiger partial charge in [0.05, 0.1) is 30.8 Å². The van der Waals surface area contributed by atoms with Gasteiger partial charge in [-0.25, -0.2) is 0 Å². The van der Waals surface area contributed by atoms with Crippen molar-refractivity contribution in [3.05, 3.63) is 0 Å². The van der Waals surface area contributed by atoms with Gasteiger partial charge in [-0.3, -0.25) is 4.79 Å². The topological polar surface area (TPSA) is 216 Å². The fourth-order valence-electron chi connectivity index (χ4n) is 14.9.